The van der Waals surface area contributed by atoms with Crippen LogP contribution in [0.5, 0.6) is 0 Å². The molecule has 0 bridgehead atoms. The number of amides is 1. The molecule has 0 aliphatic carbocycles. The minimum absolute atomic E-state index is 0.119. The van der Waals surface area contributed by atoms with E-state index < -0.39 is 10.2 Å². The van der Waals surface area contributed by atoms with Crippen molar-refractivity contribution in [3.8, 4) is 0 Å². The summed E-state index contributed by atoms with van der Waals surface area (Å²) in [6, 6.07) is 7.90. The van der Waals surface area contributed by atoms with Crippen LogP contribution < -0.4 is 10.2 Å². The molecule has 1 N–H and O–H groups in total. The molecule has 2 heterocycles. The third kappa shape index (κ3) is 4.83. The summed E-state index contributed by atoms with van der Waals surface area (Å²) in [4.78, 5) is 17.3. The van der Waals surface area contributed by atoms with Gasteiger partial charge in [-0.15, -0.1) is 0 Å². The largest absolute Gasteiger partial charge is 0.369 e. The van der Waals surface area contributed by atoms with Crippen LogP contribution >= 0.6 is 0 Å². The van der Waals surface area contributed by atoms with E-state index in [2.05, 4.69) is 22.2 Å². The first-order chi connectivity index (χ1) is 13.3. The summed E-state index contributed by atoms with van der Waals surface area (Å²) >= 11 is 0. The molecule has 1 aromatic carbocycles. The van der Waals surface area contributed by atoms with Gasteiger partial charge in [0.1, 0.15) is 0 Å². The number of likely N-dealkylation sites (N-methyl/N-ethyl adjacent to an activating group) is 1. The summed E-state index contributed by atoms with van der Waals surface area (Å²) in [5.74, 6) is -0.452. The smallest absolute Gasteiger partial charge is 0.281 e. The molecule has 156 valence electrons. The standard InChI is InChI=1S/C19H31N5O3S/c1-21(2)28(26,27)24-10-4-5-16(15-24)19(25)20-17-6-8-18(9-7-17)23-13-11-22(3)12-14-23/h6-9,16H,4-5,10-15H2,1-3H3,(H,20,25)/t16-/m1/s1. The van der Waals surface area contributed by atoms with E-state index >= 15 is 0 Å². The third-order valence-electron chi connectivity index (χ3n) is 5.55. The fourth-order valence-corrected chi connectivity index (χ4v) is 4.85. The maximum atomic E-state index is 12.7. The molecule has 2 aliphatic rings. The molecule has 3 rings (SSSR count). The predicted molar refractivity (Wildman–Crippen MR) is 112 cm³/mol. The van der Waals surface area contributed by atoms with Gasteiger partial charge in [0.15, 0.2) is 0 Å². The van der Waals surface area contributed by atoms with E-state index in [-0.39, 0.29) is 18.4 Å². The Labute approximate surface area is 168 Å². The number of nitrogens with zero attached hydrogens (tertiary/aromatic N) is 4. The van der Waals surface area contributed by atoms with E-state index in [4.69, 9.17) is 0 Å². The fraction of sp³-hybridized carbons (Fsp3) is 0.632. The Balaban J connectivity index is 1.58. The Morgan fingerprint density at radius 3 is 2.32 bits per heavy atom. The molecule has 0 unspecified atom stereocenters. The number of piperazine rings is 1. The van der Waals surface area contributed by atoms with Crippen LogP contribution in [0, 0.1) is 5.92 Å². The van der Waals surface area contributed by atoms with Crippen molar-refractivity contribution in [1.82, 2.24) is 13.5 Å². The number of hydrogen-bond donors (Lipinski definition) is 1. The number of benzene rings is 1. The number of nitrogens with one attached hydrogen (secondary N) is 1. The van der Waals surface area contributed by atoms with Crippen molar-refractivity contribution in [3.63, 3.8) is 0 Å². The van der Waals surface area contributed by atoms with Crippen molar-refractivity contribution in [2.24, 2.45) is 5.92 Å². The van der Waals surface area contributed by atoms with Crippen LogP contribution in [0.3, 0.4) is 0 Å². The highest BCUT2D eigenvalue weighted by molar-refractivity contribution is 7.86. The van der Waals surface area contributed by atoms with Gasteiger partial charge in [0.25, 0.3) is 10.2 Å². The summed E-state index contributed by atoms with van der Waals surface area (Å²) < 4.78 is 27.3. The lowest BCUT2D eigenvalue weighted by Crippen LogP contribution is -2.47. The van der Waals surface area contributed by atoms with Crippen LogP contribution in [0.4, 0.5) is 11.4 Å². The van der Waals surface area contributed by atoms with Gasteiger partial charge in [-0.1, -0.05) is 0 Å². The van der Waals surface area contributed by atoms with Gasteiger partial charge in [0, 0.05) is 64.7 Å². The number of hydrogen-bond acceptors (Lipinski definition) is 5. The number of carbonyl (C=O) groups excluding carboxylic acids is 1. The maximum Gasteiger partial charge on any atom is 0.281 e. The van der Waals surface area contributed by atoms with Crippen molar-refractivity contribution < 1.29 is 13.2 Å². The highest BCUT2D eigenvalue weighted by atomic mass is 32.2. The van der Waals surface area contributed by atoms with E-state index in [0.717, 1.165) is 37.6 Å². The molecule has 1 atom stereocenters. The zero-order chi connectivity index (χ0) is 20.3. The molecular weight excluding hydrogens is 378 g/mol. The molecule has 8 nitrogen and oxygen atoms in total. The lowest BCUT2D eigenvalue weighted by Gasteiger charge is -2.34. The van der Waals surface area contributed by atoms with Crippen molar-refractivity contribution in [1.29, 1.82) is 0 Å². The molecule has 1 amide bonds. The molecule has 0 radical (unpaired) electrons. The minimum Gasteiger partial charge on any atom is -0.369 e. The number of anilines is 2. The van der Waals surface area contributed by atoms with Crippen LogP contribution in [-0.2, 0) is 15.0 Å². The molecule has 1 aromatic rings. The second-order valence-corrected chi connectivity index (χ2v) is 9.96. The third-order valence-corrected chi connectivity index (χ3v) is 7.45. The first kappa shape index (κ1) is 21.0. The van der Waals surface area contributed by atoms with Crippen LogP contribution in [-0.4, -0.2) is 88.2 Å². The van der Waals surface area contributed by atoms with Gasteiger partial charge in [-0.3, -0.25) is 4.79 Å². The van der Waals surface area contributed by atoms with Gasteiger partial charge < -0.3 is 15.1 Å². The Kier molecular flexibility index (Phi) is 6.59. The quantitative estimate of drug-likeness (QED) is 0.782. The van der Waals surface area contributed by atoms with E-state index in [1.54, 1.807) is 0 Å². The summed E-state index contributed by atoms with van der Waals surface area (Å²) in [5.41, 5.74) is 1.91. The first-order valence-corrected chi connectivity index (χ1v) is 11.2. The van der Waals surface area contributed by atoms with Crippen molar-refractivity contribution >= 4 is 27.5 Å². The van der Waals surface area contributed by atoms with E-state index in [0.29, 0.717) is 19.4 Å². The van der Waals surface area contributed by atoms with Gasteiger partial charge in [0.2, 0.25) is 5.91 Å². The lowest BCUT2D eigenvalue weighted by atomic mass is 9.98. The summed E-state index contributed by atoms with van der Waals surface area (Å²) in [6.07, 6.45) is 1.39. The molecule has 28 heavy (non-hydrogen) atoms. The fourth-order valence-electron chi connectivity index (χ4n) is 3.66. The molecule has 2 aliphatic heterocycles. The van der Waals surface area contributed by atoms with Crippen LogP contribution in [0.1, 0.15) is 12.8 Å². The van der Waals surface area contributed by atoms with Crippen molar-refractivity contribution in [2.45, 2.75) is 12.8 Å². The second-order valence-electron chi connectivity index (χ2n) is 7.81. The zero-order valence-electron chi connectivity index (χ0n) is 17.0. The Bertz CT molecular complexity index is 773. The summed E-state index contributed by atoms with van der Waals surface area (Å²) in [6.45, 7) is 4.79. The number of carbonyl (C=O) groups is 1. The molecule has 0 spiro atoms. The molecule has 2 fully saturated rings. The van der Waals surface area contributed by atoms with Crippen LogP contribution in [0.25, 0.3) is 0 Å². The molecule has 0 saturated carbocycles. The summed E-state index contributed by atoms with van der Waals surface area (Å²) in [7, 11) is 1.68. The number of rotatable bonds is 5. The van der Waals surface area contributed by atoms with Crippen LogP contribution in [0.2, 0.25) is 0 Å². The van der Waals surface area contributed by atoms with E-state index in [9.17, 15) is 13.2 Å². The average Bonchev–Trinajstić information content (AvgIpc) is 2.69. The van der Waals surface area contributed by atoms with Gasteiger partial charge >= 0.3 is 0 Å². The monoisotopic (exact) mass is 409 g/mol. The summed E-state index contributed by atoms with van der Waals surface area (Å²) in [5, 5.41) is 2.95. The van der Waals surface area contributed by atoms with Crippen molar-refractivity contribution in [3.05, 3.63) is 24.3 Å². The number of piperidine rings is 1. The highest BCUT2D eigenvalue weighted by Gasteiger charge is 2.33. The SMILES string of the molecule is CN1CCN(c2ccc(NC(=O)[C@@H]3CCCN(S(=O)(=O)N(C)C)C3)cc2)CC1. The van der Waals surface area contributed by atoms with Gasteiger partial charge in [-0.2, -0.15) is 17.0 Å². The van der Waals surface area contributed by atoms with Gasteiger partial charge in [-0.25, -0.2) is 0 Å². The Hall–Kier alpha value is -1.68. The molecular formula is C19H31N5O3S. The van der Waals surface area contributed by atoms with Gasteiger partial charge in [0.05, 0.1) is 5.92 Å². The lowest BCUT2D eigenvalue weighted by molar-refractivity contribution is -0.120. The Morgan fingerprint density at radius 1 is 1.07 bits per heavy atom. The van der Waals surface area contributed by atoms with Crippen LogP contribution in [0.15, 0.2) is 24.3 Å². The average molecular weight is 410 g/mol. The highest BCUT2D eigenvalue weighted by Crippen LogP contribution is 2.23. The minimum atomic E-state index is -3.48. The van der Waals surface area contributed by atoms with Crippen molar-refractivity contribution in [2.75, 3.05) is 70.6 Å². The van der Waals surface area contributed by atoms with Gasteiger partial charge in [-0.05, 0) is 44.2 Å². The van der Waals surface area contributed by atoms with E-state index in [1.165, 1.54) is 22.7 Å². The molecule has 9 heteroatoms. The zero-order valence-corrected chi connectivity index (χ0v) is 17.8. The maximum absolute atomic E-state index is 12.7. The normalized spacial score (nSPS) is 22.4. The molecule has 0 aromatic heterocycles. The second kappa shape index (κ2) is 8.77. The topological polar surface area (TPSA) is 76.2 Å². The Morgan fingerprint density at radius 2 is 1.71 bits per heavy atom. The predicted octanol–water partition coefficient (Wildman–Crippen LogP) is 0.895. The first-order valence-electron chi connectivity index (χ1n) is 9.79. The molecule has 2 saturated heterocycles. The van der Waals surface area contributed by atoms with E-state index in [1.807, 2.05) is 24.3 Å².